The zero-order chi connectivity index (χ0) is 14.8. The Morgan fingerprint density at radius 3 is 2.86 bits per heavy atom. The second kappa shape index (κ2) is 6.10. The summed E-state index contributed by atoms with van der Waals surface area (Å²) in [5, 5.41) is 3.70. The van der Waals surface area contributed by atoms with Gasteiger partial charge < -0.3 is 10.1 Å². The predicted molar refractivity (Wildman–Crippen MR) is 91.2 cm³/mol. The van der Waals surface area contributed by atoms with Gasteiger partial charge in [-0.05, 0) is 83.1 Å². The Balaban J connectivity index is 1.90. The summed E-state index contributed by atoms with van der Waals surface area (Å²) in [6, 6.07) is 13.2. The number of benzene rings is 2. The predicted octanol–water partition coefficient (Wildman–Crippen LogP) is 5.26. The Kier molecular flexibility index (Phi) is 4.20. The third-order valence-corrected chi connectivity index (χ3v) is 4.81. The standard InChI is InChI=1S/C18H20BrNO/c1-12-6-9-16(19)18(10-12)20-17-5-3-4-13-11-14(21-2)7-8-15(13)17/h6-11,17,20H,3-5H2,1-2H3. The number of nitrogens with one attached hydrogen (secondary N) is 1. The van der Waals surface area contributed by atoms with Crippen molar-refractivity contribution in [3.05, 3.63) is 57.6 Å². The van der Waals surface area contributed by atoms with Crippen molar-refractivity contribution in [2.75, 3.05) is 12.4 Å². The highest BCUT2D eigenvalue weighted by Gasteiger charge is 2.21. The van der Waals surface area contributed by atoms with Gasteiger partial charge in [0.25, 0.3) is 0 Å². The minimum Gasteiger partial charge on any atom is -0.497 e. The van der Waals surface area contributed by atoms with Crippen LogP contribution >= 0.6 is 15.9 Å². The number of halogens is 1. The van der Waals surface area contributed by atoms with E-state index in [1.54, 1.807) is 7.11 Å². The summed E-state index contributed by atoms with van der Waals surface area (Å²) in [4.78, 5) is 0. The molecule has 3 heteroatoms. The normalized spacial score (nSPS) is 17.2. The molecule has 1 aliphatic rings. The number of rotatable bonds is 3. The summed E-state index contributed by atoms with van der Waals surface area (Å²) in [5.74, 6) is 0.950. The number of aryl methyl sites for hydroxylation is 2. The fraction of sp³-hybridized carbons (Fsp3) is 0.333. The van der Waals surface area contributed by atoms with Crippen LogP contribution in [0, 0.1) is 6.92 Å². The average molecular weight is 346 g/mol. The summed E-state index contributed by atoms with van der Waals surface area (Å²) in [5.41, 5.74) is 5.24. The SMILES string of the molecule is COc1ccc2c(c1)CCCC2Nc1cc(C)ccc1Br. The maximum absolute atomic E-state index is 5.34. The number of hydrogen-bond acceptors (Lipinski definition) is 2. The van der Waals surface area contributed by atoms with Crippen molar-refractivity contribution in [3.8, 4) is 5.75 Å². The molecule has 3 rings (SSSR count). The highest BCUT2D eigenvalue weighted by molar-refractivity contribution is 9.10. The van der Waals surface area contributed by atoms with Crippen molar-refractivity contribution in [2.24, 2.45) is 0 Å². The molecule has 2 aromatic carbocycles. The van der Waals surface area contributed by atoms with Gasteiger partial charge in [0.15, 0.2) is 0 Å². The zero-order valence-corrected chi connectivity index (χ0v) is 14.0. The Morgan fingerprint density at radius 2 is 2.05 bits per heavy atom. The van der Waals surface area contributed by atoms with Gasteiger partial charge in [-0.3, -0.25) is 0 Å². The smallest absolute Gasteiger partial charge is 0.119 e. The topological polar surface area (TPSA) is 21.3 Å². The molecular formula is C18H20BrNO. The van der Waals surface area contributed by atoms with E-state index in [-0.39, 0.29) is 0 Å². The van der Waals surface area contributed by atoms with Crippen LogP contribution in [-0.2, 0) is 6.42 Å². The zero-order valence-electron chi connectivity index (χ0n) is 12.4. The Labute approximate surface area is 134 Å². The van der Waals surface area contributed by atoms with E-state index >= 15 is 0 Å². The van der Waals surface area contributed by atoms with Crippen LogP contribution in [0.3, 0.4) is 0 Å². The van der Waals surface area contributed by atoms with E-state index < -0.39 is 0 Å². The van der Waals surface area contributed by atoms with Gasteiger partial charge in [0.1, 0.15) is 5.75 Å². The second-order valence-electron chi connectivity index (χ2n) is 5.64. The van der Waals surface area contributed by atoms with Crippen LogP contribution in [0.15, 0.2) is 40.9 Å². The fourth-order valence-electron chi connectivity index (χ4n) is 3.01. The van der Waals surface area contributed by atoms with Crippen LogP contribution in [0.4, 0.5) is 5.69 Å². The molecule has 21 heavy (non-hydrogen) atoms. The number of hydrogen-bond donors (Lipinski definition) is 1. The quantitative estimate of drug-likeness (QED) is 0.819. The third-order valence-electron chi connectivity index (χ3n) is 4.12. The molecule has 0 radical (unpaired) electrons. The largest absolute Gasteiger partial charge is 0.497 e. The summed E-state index contributed by atoms with van der Waals surface area (Å²) < 4.78 is 6.46. The number of ether oxygens (including phenoxy) is 1. The van der Waals surface area contributed by atoms with Crippen LogP contribution in [0.25, 0.3) is 0 Å². The molecule has 110 valence electrons. The lowest BCUT2D eigenvalue weighted by Gasteiger charge is -2.28. The van der Waals surface area contributed by atoms with Gasteiger partial charge in [-0.1, -0.05) is 12.1 Å². The molecule has 0 amide bonds. The number of fused-ring (bicyclic) bond motifs is 1. The highest BCUT2D eigenvalue weighted by atomic mass is 79.9. The summed E-state index contributed by atoms with van der Waals surface area (Å²) >= 11 is 3.64. The molecule has 0 saturated carbocycles. The fourth-order valence-corrected chi connectivity index (χ4v) is 3.37. The molecule has 0 bridgehead atoms. The molecule has 0 saturated heterocycles. The Hall–Kier alpha value is -1.48. The van der Waals surface area contributed by atoms with Crippen LogP contribution in [0.1, 0.15) is 35.6 Å². The molecule has 1 unspecified atom stereocenters. The maximum Gasteiger partial charge on any atom is 0.119 e. The minimum absolute atomic E-state index is 0.373. The lowest BCUT2D eigenvalue weighted by atomic mass is 9.87. The van der Waals surface area contributed by atoms with Gasteiger partial charge in [-0.15, -0.1) is 0 Å². The second-order valence-corrected chi connectivity index (χ2v) is 6.49. The van der Waals surface area contributed by atoms with Crippen molar-refractivity contribution in [1.82, 2.24) is 0 Å². The van der Waals surface area contributed by atoms with Crippen LogP contribution in [0.2, 0.25) is 0 Å². The van der Waals surface area contributed by atoms with Gasteiger partial charge in [-0.25, -0.2) is 0 Å². The van der Waals surface area contributed by atoms with Gasteiger partial charge in [0.05, 0.1) is 13.2 Å². The molecule has 0 heterocycles. The first-order valence-electron chi connectivity index (χ1n) is 7.37. The van der Waals surface area contributed by atoms with Crippen molar-refractivity contribution in [2.45, 2.75) is 32.2 Å². The maximum atomic E-state index is 5.34. The molecule has 0 aromatic heterocycles. The number of anilines is 1. The molecular weight excluding hydrogens is 326 g/mol. The molecule has 2 aromatic rings. The third kappa shape index (κ3) is 3.08. The summed E-state index contributed by atoms with van der Waals surface area (Å²) in [6.07, 6.45) is 3.51. The van der Waals surface area contributed by atoms with E-state index in [1.165, 1.54) is 35.2 Å². The van der Waals surface area contributed by atoms with Crippen molar-refractivity contribution in [3.63, 3.8) is 0 Å². The molecule has 1 aliphatic carbocycles. The van der Waals surface area contributed by atoms with E-state index in [1.807, 2.05) is 0 Å². The lowest BCUT2D eigenvalue weighted by molar-refractivity contribution is 0.413. The van der Waals surface area contributed by atoms with Crippen molar-refractivity contribution >= 4 is 21.6 Å². The van der Waals surface area contributed by atoms with E-state index in [2.05, 4.69) is 64.6 Å². The van der Waals surface area contributed by atoms with Crippen LogP contribution < -0.4 is 10.1 Å². The first-order chi connectivity index (χ1) is 10.2. The Morgan fingerprint density at radius 1 is 1.19 bits per heavy atom. The van der Waals surface area contributed by atoms with E-state index in [9.17, 15) is 0 Å². The average Bonchev–Trinajstić information content (AvgIpc) is 2.50. The van der Waals surface area contributed by atoms with Gasteiger partial charge in [-0.2, -0.15) is 0 Å². The molecule has 0 spiro atoms. The van der Waals surface area contributed by atoms with Crippen LogP contribution in [0.5, 0.6) is 5.75 Å². The van der Waals surface area contributed by atoms with Gasteiger partial charge >= 0.3 is 0 Å². The first-order valence-corrected chi connectivity index (χ1v) is 8.16. The van der Waals surface area contributed by atoms with E-state index in [4.69, 9.17) is 4.74 Å². The minimum atomic E-state index is 0.373. The van der Waals surface area contributed by atoms with Crippen molar-refractivity contribution in [1.29, 1.82) is 0 Å². The summed E-state index contributed by atoms with van der Waals surface area (Å²) in [7, 11) is 1.73. The van der Waals surface area contributed by atoms with Gasteiger partial charge in [0, 0.05) is 10.2 Å². The van der Waals surface area contributed by atoms with E-state index in [0.717, 1.165) is 16.6 Å². The molecule has 1 atom stereocenters. The van der Waals surface area contributed by atoms with E-state index in [0.29, 0.717) is 6.04 Å². The molecule has 1 N–H and O–H groups in total. The van der Waals surface area contributed by atoms with Crippen LogP contribution in [-0.4, -0.2) is 7.11 Å². The number of methoxy groups -OCH3 is 1. The highest BCUT2D eigenvalue weighted by Crippen LogP contribution is 2.36. The Bertz CT molecular complexity index is 654. The summed E-state index contributed by atoms with van der Waals surface area (Å²) in [6.45, 7) is 2.12. The lowest BCUT2D eigenvalue weighted by Crippen LogP contribution is -2.17. The molecule has 0 fully saturated rings. The van der Waals surface area contributed by atoms with Crippen molar-refractivity contribution < 1.29 is 4.74 Å². The monoisotopic (exact) mass is 345 g/mol. The first kappa shape index (κ1) is 14.5. The molecule has 0 aliphatic heterocycles. The van der Waals surface area contributed by atoms with Gasteiger partial charge in [0.2, 0.25) is 0 Å². The molecule has 2 nitrogen and oxygen atoms in total.